The fraction of sp³-hybridized carbons (Fsp3) is 0.120. The summed E-state index contributed by atoms with van der Waals surface area (Å²) in [4.78, 5) is 11.9. The SMILES string of the molecule is C=Cc1[nH]c(C=Nc2cc/c(=C/c3ccc(N=C)cc3C)c(=C)c2)c(C)c1C. The maximum absolute atomic E-state index is 4.61. The van der Waals surface area contributed by atoms with Crippen LogP contribution in [0.15, 0.2) is 53.0 Å². The van der Waals surface area contributed by atoms with Crippen LogP contribution in [0.25, 0.3) is 18.7 Å². The molecule has 2 aromatic carbocycles. The first-order chi connectivity index (χ1) is 13.4. The smallest absolute Gasteiger partial charge is 0.0636 e. The largest absolute Gasteiger partial charge is 0.354 e. The highest BCUT2D eigenvalue weighted by atomic mass is 14.8. The number of rotatable bonds is 5. The molecule has 28 heavy (non-hydrogen) atoms. The molecule has 3 rings (SSSR count). The van der Waals surface area contributed by atoms with E-state index in [4.69, 9.17) is 0 Å². The topological polar surface area (TPSA) is 40.5 Å². The molecule has 0 amide bonds. The molecule has 0 bridgehead atoms. The van der Waals surface area contributed by atoms with Crippen LogP contribution < -0.4 is 10.4 Å². The van der Waals surface area contributed by atoms with Gasteiger partial charge in [-0.2, -0.15) is 0 Å². The van der Waals surface area contributed by atoms with Gasteiger partial charge in [0.05, 0.1) is 23.3 Å². The summed E-state index contributed by atoms with van der Waals surface area (Å²) < 4.78 is 0. The van der Waals surface area contributed by atoms with Crippen molar-refractivity contribution in [2.45, 2.75) is 20.8 Å². The van der Waals surface area contributed by atoms with Crippen LogP contribution in [0, 0.1) is 20.8 Å². The quantitative estimate of drug-likeness (QED) is 0.623. The molecule has 0 unspecified atom stereocenters. The molecule has 0 spiro atoms. The highest BCUT2D eigenvalue weighted by molar-refractivity contribution is 5.83. The Hall–Kier alpha value is -3.46. The number of nitrogens with one attached hydrogen (secondary N) is 1. The van der Waals surface area contributed by atoms with Crippen molar-refractivity contribution in [3.8, 4) is 0 Å². The van der Waals surface area contributed by atoms with Crippen molar-refractivity contribution >= 4 is 43.0 Å². The van der Waals surface area contributed by atoms with E-state index in [1.54, 1.807) is 0 Å². The van der Waals surface area contributed by atoms with E-state index in [0.717, 1.165) is 44.3 Å². The summed E-state index contributed by atoms with van der Waals surface area (Å²) in [6.07, 6.45) is 5.82. The van der Waals surface area contributed by atoms with Crippen molar-refractivity contribution in [3.63, 3.8) is 0 Å². The standard InChI is InChI=1S/C25H25N3/c1-7-24-18(4)19(5)25(28-24)15-27-23-11-9-21(17(3)13-23)14-20-8-10-22(26-6)12-16(20)2/h7-15,28H,1,3,6H2,2,4-5H3/b21-14-,27-15?. The lowest BCUT2D eigenvalue weighted by atomic mass is 10.1. The van der Waals surface area contributed by atoms with Gasteiger partial charge in [0.2, 0.25) is 0 Å². The summed E-state index contributed by atoms with van der Waals surface area (Å²) in [6.45, 7) is 17.8. The predicted octanol–water partition coefficient (Wildman–Crippen LogP) is 4.90. The van der Waals surface area contributed by atoms with Gasteiger partial charge in [0.25, 0.3) is 0 Å². The van der Waals surface area contributed by atoms with Crippen molar-refractivity contribution in [2.75, 3.05) is 0 Å². The minimum absolute atomic E-state index is 0.872. The summed E-state index contributed by atoms with van der Waals surface area (Å²) in [5, 5.41) is 2.01. The Balaban J connectivity index is 1.92. The van der Waals surface area contributed by atoms with Gasteiger partial charge in [-0.3, -0.25) is 9.98 Å². The van der Waals surface area contributed by atoms with Gasteiger partial charge in [0.15, 0.2) is 0 Å². The van der Waals surface area contributed by atoms with E-state index in [9.17, 15) is 0 Å². The summed E-state index contributed by atoms with van der Waals surface area (Å²) in [7, 11) is 0. The molecule has 3 nitrogen and oxygen atoms in total. The molecule has 140 valence electrons. The molecular formula is C25H25N3. The van der Waals surface area contributed by atoms with Gasteiger partial charge < -0.3 is 4.98 Å². The van der Waals surface area contributed by atoms with E-state index < -0.39 is 0 Å². The zero-order chi connectivity index (χ0) is 20.3. The monoisotopic (exact) mass is 367 g/mol. The van der Waals surface area contributed by atoms with Crippen LogP contribution in [-0.4, -0.2) is 17.9 Å². The predicted molar refractivity (Wildman–Crippen MR) is 123 cm³/mol. The molecular weight excluding hydrogens is 342 g/mol. The molecule has 3 aromatic rings. The normalized spacial score (nSPS) is 11.9. The zero-order valence-electron chi connectivity index (χ0n) is 16.7. The molecule has 0 aliphatic rings. The minimum Gasteiger partial charge on any atom is -0.354 e. The maximum atomic E-state index is 4.61. The lowest BCUT2D eigenvalue weighted by Crippen LogP contribution is -2.22. The number of hydrogen-bond donors (Lipinski definition) is 1. The fourth-order valence-corrected chi connectivity index (χ4v) is 3.11. The van der Waals surface area contributed by atoms with Crippen molar-refractivity contribution in [1.29, 1.82) is 0 Å². The third-order valence-electron chi connectivity index (χ3n) is 5.06. The Morgan fingerprint density at radius 3 is 2.25 bits per heavy atom. The first-order valence-corrected chi connectivity index (χ1v) is 9.16. The molecule has 0 saturated carbocycles. The Bertz CT molecular complexity index is 1190. The highest BCUT2D eigenvalue weighted by Gasteiger charge is 2.06. The van der Waals surface area contributed by atoms with Gasteiger partial charge in [0.1, 0.15) is 0 Å². The van der Waals surface area contributed by atoms with Gasteiger partial charge in [-0.15, -0.1) is 0 Å². The van der Waals surface area contributed by atoms with Crippen LogP contribution in [0.5, 0.6) is 0 Å². The van der Waals surface area contributed by atoms with Crippen LogP contribution in [0.2, 0.25) is 0 Å². The number of aryl methyl sites for hydroxylation is 1. The van der Waals surface area contributed by atoms with Gasteiger partial charge >= 0.3 is 0 Å². The lowest BCUT2D eigenvalue weighted by molar-refractivity contribution is 1.32. The Kier molecular flexibility index (Phi) is 5.55. The molecule has 0 atom stereocenters. The van der Waals surface area contributed by atoms with Crippen LogP contribution in [0.1, 0.15) is 33.6 Å². The van der Waals surface area contributed by atoms with Gasteiger partial charge in [0, 0.05) is 5.69 Å². The zero-order valence-corrected chi connectivity index (χ0v) is 16.7. The third-order valence-corrected chi connectivity index (χ3v) is 5.06. The minimum atomic E-state index is 0.872. The summed E-state index contributed by atoms with van der Waals surface area (Å²) in [5.74, 6) is 0. The van der Waals surface area contributed by atoms with Crippen molar-refractivity contribution in [2.24, 2.45) is 9.98 Å². The molecule has 1 aromatic heterocycles. The molecule has 1 heterocycles. The average Bonchev–Trinajstić information content (AvgIpc) is 2.97. The van der Waals surface area contributed by atoms with Crippen LogP contribution in [0.3, 0.4) is 0 Å². The van der Waals surface area contributed by atoms with Crippen molar-refractivity contribution in [1.82, 2.24) is 4.98 Å². The van der Waals surface area contributed by atoms with Crippen LogP contribution in [0.4, 0.5) is 11.4 Å². The molecule has 0 saturated heterocycles. The second-order valence-electron chi connectivity index (χ2n) is 6.89. The van der Waals surface area contributed by atoms with Gasteiger partial charge in [-0.1, -0.05) is 25.3 Å². The molecule has 3 heteroatoms. The van der Waals surface area contributed by atoms with Crippen LogP contribution in [-0.2, 0) is 0 Å². The Labute approximate surface area is 166 Å². The summed E-state index contributed by atoms with van der Waals surface area (Å²) in [6, 6.07) is 12.1. The molecule has 0 fully saturated rings. The van der Waals surface area contributed by atoms with E-state index in [-0.39, 0.29) is 0 Å². The lowest BCUT2D eigenvalue weighted by Gasteiger charge is -2.02. The van der Waals surface area contributed by atoms with Crippen LogP contribution >= 0.6 is 0 Å². The summed E-state index contributed by atoms with van der Waals surface area (Å²) >= 11 is 0. The number of hydrogen-bond acceptors (Lipinski definition) is 2. The highest BCUT2D eigenvalue weighted by Crippen LogP contribution is 2.19. The first kappa shape index (κ1) is 19.3. The van der Waals surface area contributed by atoms with E-state index in [2.05, 4.69) is 73.8 Å². The molecule has 0 radical (unpaired) electrons. The first-order valence-electron chi connectivity index (χ1n) is 9.16. The Morgan fingerprint density at radius 2 is 1.64 bits per heavy atom. The van der Waals surface area contributed by atoms with Gasteiger partial charge in [-0.25, -0.2) is 0 Å². The number of nitrogens with zero attached hydrogens (tertiary/aromatic N) is 2. The van der Waals surface area contributed by atoms with E-state index in [1.165, 1.54) is 11.1 Å². The van der Waals surface area contributed by atoms with Crippen molar-refractivity contribution in [3.05, 3.63) is 87.1 Å². The van der Waals surface area contributed by atoms with Gasteiger partial charge in [-0.05, 0) is 96.6 Å². The fourth-order valence-electron chi connectivity index (χ4n) is 3.11. The number of aromatic nitrogens is 1. The van der Waals surface area contributed by atoms with E-state index >= 15 is 0 Å². The summed E-state index contributed by atoms with van der Waals surface area (Å²) in [5.41, 5.74) is 8.47. The molecule has 1 N–H and O–H groups in total. The number of aliphatic imine (C=N–C) groups is 2. The van der Waals surface area contributed by atoms with E-state index in [0.29, 0.717) is 0 Å². The number of benzene rings is 2. The number of aromatic amines is 1. The average molecular weight is 367 g/mol. The van der Waals surface area contributed by atoms with E-state index in [1.807, 2.05) is 36.6 Å². The molecule has 0 aliphatic carbocycles. The Morgan fingerprint density at radius 1 is 0.929 bits per heavy atom. The third kappa shape index (κ3) is 3.94. The molecule has 0 aliphatic heterocycles. The second kappa shape index (κ2) is 8.05. The number of H-pyrrole nitrogens is 1. The van der Waals surface area contributed by atoms with Crippen molar-refractivity contribution < 1.29 is 0 Å². The second-order valence-corrected chi connectivity index (χ2v) is 6.89. The maximum Gasteiger partial charge on any atom is 0.0636 e.